The lowest BCUT2D eigenvalue weighted by atomic mass is 10.1. The Bertz CT molecular complexity index is 481. The van der Waals surface area contributed by atoms with Gasteiger partial charge < -0.3 is 10.9 Å². The molecular formula is C13H18ClN3OS. The van der Waals surface area contributed by atoms with Crippen LogP contribution in [-0.2, 0) is 6.54 Å². The summed E-state index contributed by atoms with van der Waals surface area (Å²) in [5.74, 6) is 2.42. The lowest BCUT2D eigenvalue weighted by Crippen LogP contribution is -2.39. The van der Waals surface area contributed by atoms with Crippen LogP contribution >= 0.6 is 23.4 Å². The Hall–Kier alpha value is -0.910. The molecule has 1 heterocycles. The fourth-order valence-corrected chi connectivity index (χ4v) is 3.43. The van der Waals surface area contributed by atoms with Gasteiger partial charge in [-0.3, -0.25) is 4.90 Å². The third-order valence-corrected chi connectivity index (χ3v) is 4.88. The average molecular weight is 300 g/mol. The zero-order valence-corrected chi connectivity index (χ0v) is 12.4. The van der Waals surface area contributed by atoms with Crippen molar-refractivity contribution in [3.63, 3.8) is 0 Å². The number of thioether (sulfide) groups is 1. The van der Waals surface area contributed by atoms with Crippen LogP contribution in [0.4, 0.5) is 0 Å². The number of hydrogen-bond acceptors (Lipinski definition) is 4. The summed E-state index contributed by atoms with van der Waals surface area (Å²) in [5, 5.41) is 12.3. The molecule has 104 valence electrons. The highest BCUT2D eigenvalue weighted by Gasteiger charge is 2.19. The van der Waals surface area contributed by atoms with Crippen LogP contribution in [0.3, 0.4) is 0 Å². The number of hydrogen-bond donors (Lipinski definition) is 2. The van der Waals surface area contributed by atoms with Crippen molar-refractivity contribution < 1.29 is 5.21 Å². The Morgan fingerprint density at radius 3 is 3.05 bits per heavy atom. The van der Waals surface area contributed by atoms with E-state index >= 15 is 0 Å². The first kappa shape index (κ1) is 14.5. The van der Waals surface area contributed by atoms with Crippen LogP contribution in [0.15, 0.2) is 23.4 Å². The Balaban J connectivity index is 2.12. The predicted octanol–water partition coefficient (Wildman–Crippen LogP) is 2.37. The predicted molar refractivity (Wildman–Crippen MR) is 81.2 cm³/mol. The fraction of sp³-hybridized carbons (Fsp3) is 0.462. The molecule has 6 heteroatoms. The van der Waals surface area contributed by atoms with Crippen molar-refractivity contribution in [3.8, 4) is 0 Å². The van der Waals surface area contributed by atoms with E-state index in [4.69, 9.17) is 22.5 Å². The highest BCUT2D eigenvalue weighted by molar-refractivity contribution is 7.99. The minimum Gasteiger partial charge on any atom is -0.409 e. The van der Waals surface area contributed by atoms with E-state index in [1.54, 1.807) is 6.07 Å². The van der Waals surface area contributed by atoms with E-state index in [-0.39, 0.29) is 5.84 Å². The number of oxime groups is 1. The molecule has 4 nitrogen and oxygen atoms in total. The van der Waals surface area contributed by atoms with Crippen LogP contribution in [0.25, 0.3) is 0 Å². The van der Waals surface area contributed by atoms with E-state index in [9.17, 15) is 0 Å². The van der Waals surface area contributed by atoms with Crippen molar-refractivity contribution in [2.24, 2.45) is 10.9 Å². The van der Waals surface area contributed by atoms with Gasteiger partial charge in [0.15, 0.2) is 5.84 Å². The number of amidine groups is 1. The molecule has 1 unspecified atom stereocenters. The van der Waals surface area contributed by atoms with Gasteiger partial charge in [-0.1, -0.05) is 28.9 Å². The lowest BCUT2D eigenvalue weighted by Gasteiger charge is -2.33. The number of nitrogens with two attached hydrogens (primary N) is 1. The molecule has 3 N–H and O–H groups in total. The summed E-state index contributed by atoms with van der Waals surface area (Å²) < 4.78 is 0. The van der Waals surface area contributed by atoms with Gasteiger partial charge in [-0.05, 0) is 18.6 Å². The number of rotatable bonds is 3. The van der Waals surface area contributed by atoms with Crippen LogP contribution in [0.2, 0.25) is 5.02 Å². The monoisotopic (exact) mass is 299 g/mol. The second-order valence-electron chi connectivity index (χ2n) is 4.69. The molecule has 19 heavy (non-hydrogen) atoms. The second-order valence-corrected chi connectivity index (χ2v) is 6.24. The van der Waals surface area contributed by atoms with E-state index < -0.39 is 0 Å². The van der Waals surface area contributed by atoms with Crippen molar-refractivity contribution in [2.45, 2.75) is 19.5 Å². The molecule has 1 aromatic rings. The summed E-state index contributed by atoms with van der Waals surface area (Å²) in [6, 6.07) is 6.10. The molecule has 0 spiro atoms. The van der Waals surface area contributed by atoms with Gasteiger partial charge in [0.2, 0.25) is 0 Å². The SMILES string of the molecule is CC1CSCCN1Cc1ccc(/C(N)=N/O)cc1Cl. The van der Waals surface area contributed by atoms with Crippen LogP contribution < -0.4 is 5.73 Å². The van der Waals surface area contributed by atoms with Crippen molar-refractivity contribution in [1.29, 1.82) is 0 Å². The van der Waals surface area contributed by atoms with Crippen molar-refractivity contribution in [3.05, 3.63) is 34.3 Å². The van der Waals surface area contributed by atoms with Crippen LogP contribution in [0, 0.1) is 0 Å². The van der Waals surface area contributed by atoms with Gasteiger partial charge >= 0.3 is 0 Å². The number of nitrogens with zero attached hydrogens (tertiary/aromatic N) is 2. The Morgan fingerprint density at radius 1 is 1.63 bits per heavy atom. The maximum Gasteiger partial charge on any atom is 0.170 e. The Labute approximate surface area is 122 Å². The number of benzene rings is 1. The largest absolute Gasteiger partial charge is 0.409 e. The summed E-state index contributed by atoms with van der Waals surface area (Å²) in [6.45, 7) is 4.17. The van der Waals surface area contributed by atoms with Crippen molar-refractivity contribution in [2.75, 3.05) is 18.1 Å². The molecule has 1 aliphatic heterocycles. The molecule has 1 saturated heterocycles. The summed E-state index contributed by atoms with van der Waals surface area (Å²) in [7, 11) is 0. The first-order valence-corrected chi connectivity index (χ1v) is 7.73. The summed E-state index contributed by atoms with van der Waals surface area (Å²) in [6.07, 6.45) is 0. The topological polar surface area (TPSA) is 61.8 Å². The average Bonchev–Trinajstić information content (AvgIpc) is 2.42. The Kier molecular flexibility index (Phi) is 4.96. The smallest absolute Gasteiger partial charge is 0.170 e. The molecular weight excluding hydrogens is 282 g/mol. The molecule has 1 atom stereocenters. The van der Waals surface area contributed by atoms with Gasteiger partial charge in [0, 0.05) is 41.2 Å². The molecule has 0 bridgehead atoms. The summed E-state index contributed by atoms with van der Waals surface area (Å²) >= 11 is 8.27. The van der Waals surface area contributed by atoms with Crippen LogP contribution in [0.5, 0.6) is 0 Å². The minimum absolute atomic E-state index is 0.0798. The molecule has 1 fully saturated rings. The van der Waals surface area contributed by atoms with E-state index in [1.165, 1.54) is 11.5 Å². The lowest BCUT2D eigenvalue weighted by molar-refractivity contribution is 0.224. The van der Waals surface area contributed by atoms with Crippen LogP contribution in [0.1, 0.15) is 18.1 Å². The van der Waals surface area contributed by atoms with E-state index in [1.807, 2.05) is 23.9 Å². The standard InChI is InChI=1S/C13H18ClN3OS/c1-9-8-19-5-4-17(9)7-11-3-2-10(6-12(11)14)13(15)16-18/h2-3,6,9,18H,4-5,7-8H2,1H3,(H2,15,16). The second kappa shape index (κ2) is 6.50. The molecule has 0 aromatic heterocycles. The van der Waals surface area contributed by atoms with Gasteiger partial charge in [-0.15, -0.1) is 0 Å². The molecule has 1 aliphatic rings. The van der Waals surface area contributed by atoms with Gasteiger partial charge in [-0.2, -0.15) is 11.8 Å². The molecule has 0 amide bonds. The molecule has 0 aliphatic carbocycles. The molecule has 2 rings (SSSR count). The van der Waals surface area contributed by atoms with Gasteiger partial charge in [0.05, 0.1) is 0 Å². The maximum atomic E-state index is 8.65. The molecule has 0 saturated carbocycles. The highest BCUT2D eigenvalue weighted by atomic mass is 35.5. The van der Waals surface area contributed by atoms with Gasteiger partial charge in [0.25, 0.3) is 0 Å². The fourth-order valence-electron chi connectivity index (χ4n) is 2.11. The van der Waals surface area contributed by atoms with Crippen molar-refractivity contribution >= 4 is 29.2 Å². The van der Waals surface area contributed by atoms with Gasteiger partial charge in [0.1, 0.15) is 0 Å². The van der Waals surface area contributed by atoms with Crippen molar-refractivity contribution in [1.82, 2.24) is 4.90 Å². The normalized spacial score (nSPS) is 21.6. The molecule has 0 radical (unpaired) electrons. The summed E-state index contributed by atoms with van der Waals surface area (Å²) in [5.41, 5.74) is 7.26. The zero-order chi connectivity index (χ0) is 13.8. The maximum absolute atomic E-state index is 8.65. The minimum atomic E-state index is 0.0798. The quantitative estimate of drug-likeness (QED) is 0.389. The molecule has 1 aromatic carbocycles. The summed E-state index contributed by atoms with van der Waals surface area (Å²) in [4.78, 5) is 2.43. The van der Waals surface area contributed by atoms with E-state index in [0.717, 1.165) is 18.7 Å². The van der Waals surface area contributed by atoms with E-state index in [2.05, 4.69) is 17.0 Å². The zero-order valence-electron chi connectivity index (χ0n) is 10.8. The first-order chi connectivity index (χ1) is 9.11. The van der Waals surface area contributed by atoms with Gasteiger partial charge in [-0.25, -0.2) is 0 Å². The third kappa shape index (κ3) is 3.55. The highest BCUT2D eigenvalue weighted by Crippen LogP contribution is 2.23. The third-order valence-electron chi connectivity index (χ3n) is 3.34. The van der Waals surface area contributed by atoms with Crippen LogP contribution in [-0.4, -0.2) is 40.0 Å². The Morgan fingerprint density at radius 2 is 2.42 bits per heavy atom. The first-order valence-electron chi connectivity index (χ1n) is 6.20. The van der Waals surface area contributed by atoms with E-state index in [0.29, 0.717) is 16.6 Å². The number of halogens is 1.